The summed E-state index contributed by atoms with van der Waals surface area (Å²) in [6.07, 6.45) is 22.5. The number of aromatic amines is 6. The zero-order valence-corrected chi connectivity index (χ0v) is 78.7. The standard InChI is InChI=1S/C18H26N4O2.C17H24N4O2.C16H21N5O2.C16H24N4O2.C14H19N5O2.C12H15BrN4O2/c23-17(13-6-7-13)19-14-8-9-22(11-14)18(24)16-10-15(20-21-16)12-4-2-1-3-5-12;1-10(2)13-7-14(20-19-13)16(23)21-6-3-11(9-21)18-15(22)12-8-17(12)4-5-17;1-10(2)12-7-13(20-19-12)14(22)21-6-3-11(8-21)18-15(23)16(9-17)4-5-16;1-10(2)7-13-8-14(19-18-13)16(22)20-6-5-12(9-20)17-15(21)11-3-4-11;1-9(2)11-7-12(18-17-11)14(21)19-6-4-10(8-19)16-13(20)3-5-15;13-10-5-9(15-16-10)12(19)17-4-3-8(6-17)14-11(18)7-1-2-7/h10,12-14H,1-9,11H2,(H,19,23)(H,20,21);7,10-12H,3-6,8-9H2,1-2H3,(H,18,22)(H,19,20);7,10-11H,3-6,8H2,1-2H3,(H,18,23)(H,19,20);8,10-12H,3-7,9H2,1-2H3,(H,17,21)(H,18,19);7,9-10H,3-4,6,8H2,1-2H3,(H,16,20)(H,17,18);5,7-8H,1-4,6H2,(H,14,18)(H,15,16)/t;11-,12?;11-;;10-;/m.11.1./s1. The molecule has 39 heteroatoms. The molecule has 12 N–H and O–H groups in total. The number of nitriles is 2. The van der Waals surface area contributed by atoms with Crippen LogP contribution in [0.5, 0.6) is 0 Å². The van der Waals surface area contributed by atoms with Crippen LogP contribution in [0.1, 0.15) is 318 Å². The van der Waals surface area contributed by atoms with E-state index in [0.717, 1.165) is 106 Å². The van der Waals surface area contributed by atoms with Crippen molar-refractivity contribution in [2.24, 2.45) is 40.4 Å². The fourth-order valence-corrected chi connectivity index (χ4v) is 18.3. The Balaban J connectivity index is 0.000000128. The normalized spacial score (nSPS) is 22.8. The number of likely N-dealkylation sites (tertiary alicyclic amines) is 6. The number of nitrogens with one attached hydrogen (secondary N) is 12. The van der Waals surface area contributed by atoms with Gasteiger partial charge in [-0.2, -0.15) is 41.1 Å². The summed E-state index contributed by atoms with van der Waals surface area (Å²) in [7, 11) is 0. The number of hydrogen-bond acceptors (Lipinski definition) is 20. The number of carbonyl (C=O) groups excluding carboxylic acids is 12. The van der Waals surface area contributed by atoms with Crippen LogP contribution in [-0.4, -0.2) is 276 Å². The Morgan fingerprint density at radius 2 is 0.742 bits per heavy atom. The van der Waals surface area contributed by atoms with Crippen molar-refractivity contribution in [1.82, 2.24) is 122 Å². The molecule has 4 unspecified atom stereocenters. The molecule has 710 valence electrons. The molecule has 6 saturated heterocycles. The van der Waals surface area contributed by atoms with E-state index in [4.69, 9.17) is 10.5 Å². The summed E-state index contributed by atoms with van der Waals surface area (Å²) < 4.78 is 0.689. The molecular weight excluding hydrogens is 1750 g/mol. The van der Waals surface area contributed by atoms with Crippen molar-refractivity contribution >= 4 is 86.8 Å². The van der Waals surface area contributed by atoms with Gasteiger partial charge in [-0.25, -0.2) is 0 Å². The van der Waals surface area contributed by atoms with E-state index in [1.54, 1.807) is 42.7 Å². The summed E-state index contributed by atoms with van der Waals surface area (Å²) in [6, 6.07) is 14.9. The van der Waals surface area contributed by atoms with Crippen molar-refractivity contribution in [3.05, 3.63) is 104 Å². The van der Waals surface area contributed by atoms with Gasteiger partial charge >= 0.3 is 0 Å². The van der Waals surface area contributed by atoms with Gasteiger partial charge in [0.2, 0.25) is 35.4 Å². The van der Waals surface area contributed by atoms with Gasteiger partial charge in [-0.05, 0) is 204 Å². The van der Waals surface area contributed by atoms with Gasteiger partial charge in [0.05, 0.1) is 12.1 Å². The third-order valence-corrected chi connectivity index (χ3v) is 27.6. The minimum absolute atomic E-state index is 0.0171. The summed E-state index contributed by atoms with van der Waals surface area (Å²) in [4.78, 5) is 156. The Morgan fingerprint density at radius 3 is 1.07 bits per heavy atom. The van der Waals surface area contributed by atoms with E-state index in [1.165, 1.54) is 44.9 Å². The van der Waals surface area contributed by atoms with Crippen LogP contribution < -0.4 is 31.9 Å². The van der Waals surface area contributed by atoms with Crippen LogP contribution in [0.15, 0.2) is 41.0 Å². The maximum Gasteiger partial charge on any atom is 0.274 e. The molecule has 6 aromatic rings. The van der Waals surface area contributed by atoms with E-state index in [0.29, 0.717) is 166 Å². The van der Waals surface area contributed by atoms with Gasteiger partial charge in [-0.3, -0.25) is 88.1 Å². The average Bonchev–Trinajstić information content (AvgIpc) is 1.54. The van der Waals surface area contributed by atoms with Gasteiger partial charge in [0.25, 0.3) is 35.4 Å². The Labute approximate surface area is 777 Å². The molecule has 12 heterocycles. The molecule has 19 rings (SSSR count). The minimum atomic E-state index is -0.814. The van der Waals surface area contributed by atoms with Crippen molar-refractivity contribution in [2.75, 3.05) is 78.5 Å². The van der Waals surface area contributed by atoms with Crippen LogP contribution in [0, 0.1) is 63.1 Å². The number of H-pyrrole nitrogens is 6. The summed E-state index contributed by atoms with van der Waals surface area (Å²) in [5.74, 6) is 2.56. The third kappa shape index (κ3) is 25.6. The smallest absolute Gasteiger partial charge is 0.274 e. The van der Waals surface area contributed by atoms with Crippen LogP contribution in [-0.2, 0) is 35.2 Å². The summed E-state index contributed by atoms with van der Waals surface area (Å²) in [5.41, 5.74) is 7.20. The van der Waals surface area contributed by atoms with E-state index in [2.05, 4.69) is 143 Å². The summed E-state index contributed by atoms with van der Waals surface area (Å²) >= 11 is 3.23. The monoisotopic (exact) mass is 1880 g/mol. The maximum atomic E-state index is 12.7. The van der Waals surface area contributed by atoms with Gasteiger partial charge in [0.15, 0.2) is 5.69 Å². The maximum absolute atomic E-state index is 12.7. The van der Waals surface area contributed by atoms with Crippen molar-refractivity contribution in [3.8, 4) is 12.1 Å². The molecular formula is C93H129BrN26O12. The van der Waals surface area contributed by atoms with Crippen molar-refractivity contribution in [1.29, 1.82) is 10.5 Å². The highest BCUT2D eigenvalue weighted by molar-refractivity contribution is 9.10. The molecule has 0 bridgehead atoms. The molecule has 1 spiro atoms. The lowest BCUT2D eigenvalue weighted by Crippen LogP contribution is -2.41. The largest absolute Gasteiger partial charge is 0.351 e. The van der Waals surface area contributed by atoms with Gasteiger partial charge in [0, 0.05) is 179 Å². The predicted molar refractivity (Wildman–Crippen MR) is 486 cm³/mol. The third-order valence-electron chi connectivity index (χ3n) is 27.2. The molecule has 7 aliphatic carbocycles. The van der Waals surface area contributed by atoms with E-state index in [9.17, 15) is 57.5 Å². The van der Waals surface area contributed by atoms with Crippen LogP contribution in [0.25, 0.3) is 0 Å². The first-order valence-corrected chi connectivity index (χ1v) is 48.4. The van der Waals surface area contributed by atoms with Crippen LogP contribution in [0.4, 0.5) is 0 Å². The van der Waals surface area contributed by atoms with Crippen LogP contribution in [0.3, 0.4) is 0 Å². The molecule has 7 atom stereocenters. The first kappa shape index (κ1) is 96.4. The number of nitrogens with zero attached hydrogens (tertiary/aromatic N) is 14. The average molecular weight is 1880 g/mol. The summed E-state index contributed by atoms with van der Waals surface area (Å²) in [5, 5.41) is 77.4. The first-order valence-electron chi connectivity index (χ1n) is 47.6. The second-order valence-corrected chi connectivity index (χ2v) is 40.4. The molecule has 0 aromatic carbocycles. The topological polar surface area (TPSA) is 516 Å². The van der Waals surface area contributed by atoms with E-state index in [1.807, 2.05) is 56.9 Å². The fraction of sp³-hybridized carbons (Fsp3) is 0.656. The number of carbonyl (C=O) groups is 12. The van der Waals surface area contributed by atoms with Crippen molar-refractivity contribution in [2.45, 2.75) is 269 Å². The Morgan fingerprint density at radius 1 is 0.402 bits per heavy atom. The van der Waals surface area contributed by atoms with Crippen LogP contribution in [0.2, 0.25) is 0 Å². The van der Waals surface area contributed by atoms with E-state index in [-0.39, 0.29) is 149 Å². The Bertz CT molecular complexity index is 5210. The minimum Gasteiger partial charge on any atom is -0.351 e. The number of amides is 12. The Kier molecular flexibility index (Phi) is 31.4. The SMILES string of the molecule is CC(C)Cc1cc(C(=O)N2CCC(NC(=O)C3CC3)C2)n[nH]1.CC(C)c1cc(C(=O)N2CC[C@@H](NC(=O)C3(C#N)CC3)C2)n[nH]1.CC(C)c1cc(C(=O)N2CC[C@@H](NC(=O)C3CC34CC4)C2)n[nH]1.CC(C)c1cc(C(=O)N2CC[C@@H](NC(=O)CC#N)C2)n[nH]1.O=C(NC1CCN(C(=O)c2cc(Br)[nH]n2)C1)C1CC1.O=C(NC1CCN(C(=O)c2cc(C3CCCCC3)[nH]n2)C1)C1CC1. The highest BCUT2D eigenvalue weighted by Gasteiger charge is 2.66. The molecule has 0 radical (unpaired) electrons. The molecule has 6 aliphatic heterocycles. The van der Waals surface area contributed by atoms with Crippen molar-refractivity contribution < 1.29 is 57.5 Å². The second kappa shape index (κ2) is 42.9. The predicted octanol–water partition coefficient (Wildman–Crippen LogP) is 8.07. The zero-order chi connectivity index (χ0) is 93.8. The van der Waals surface area contributed by atoms with E-state index < -0.39 is 5.41 Å². The zero-order valence-electron chi connectivity index (χ0n) is 77.1. The lowest BCUT2D eigenvalue weighted by molar-refractivity contribution is -0.125. The summed E-state index contributed by atoms with van der Waals surface area (Å²) in [6.45, 7) is 23.7. The van der Waals surface area contributed by atoms with Gasteiger partial charge in [-0.1, -0.05) is 74.7 Å². The molecule has 7 saturated carbocycles. The quantitative estimate of drug-likeness (QED) is 0.0272. The van der Waals surface area contributed by atoms with Gasteiger partial charge in [0.1, 0.15) is 44.9 Å². The lowest BCUT2D eigenvalue weighted by atomic mass is 9.87. The molecule has 38 nitrogen and oxygen atoms in total. The molecule has 13 aliphatic rings. The highest BCUT2D eigenvalue weighted by Crippen LogP contribution is 2.70. The molecule has 13 fully saturated rings. The second-order valence-electron chi connectivity index (χ2n) is 39.6. The number of rotatable bonds is 24. The van der Waals surface area contributed by atoms with Gasteiger partial charge in [-0.15, -0.1) is 0 Å². The molecule has 132 heavy (non-hydrogen) atoms. The van der Waals surface area contributed by atoms with Crippen molar-refractivity contribution in [3.63, 3.8) is 0 Å². The van der Waals surface area contributed by atoms with Gasteiger partial charge < -0.3 is 61.3 Å². The highest BCUT2D eigenvalue weighted by atomic mass is 79.9. The number of hydrogen-bond donors (Lipinski definition) is 12. The molecule has 6 aromatic heterocycles. The Hall–Kier alpha value is -11.6. The number of aromatic nitrogens is 12. The molecule has 12 amide bonds. The van der Waals surface area contributed by atoms with Crippen LogP contribution >= 0.6 is 15.9 Å². The van der Waals surface area contributed by atoms with E-state index >= 15 is 0 Å². The number of halogens is 1. The lowest BCUT2D eigenvalue weighted by Gasteiger charge is -2.19. The first-order chi connectivity index (χ1) is 63.3. The fourth-order valence-electron chi connectivity index (χ4n) is 18.0.